The molecule has 0 amide bonds. The van der Waals surface area contributed by atoms with Crippen LogP contribution in [0.1, 0.15) is 88.6 Å². The minimum atomic E-state index is -0.344. The Morgan fingerprint density at radius 1 is 0.482 bits per heavy atom. The molecule has 0 aliphatic heterocycles. The Bertz CT molecular complexity index is 3640. The van der Waals surface area contributed by atoms with E-state index in [1.165, 1.54) is 64.7 Å². The van der Waals surface area contributed by atoms with Crippen LogP contribution in [0, 0.1) is 0 Å². The Morgan fingerprint density at radius 2 is 0.940 bits per heavy atom. The zero-order chi connectivity index (χ0) is 58.8. The fraction of sp³-hybridized carbons (Fsp3) is 0.125. The van der Waals surface area contributed by atoms with E-state index in [0.29, 0.717) is 0 Å². The number of allylic oxidation sites excluding steroid dienone is 12. The highest BCUT2D eigenvalue weighted by Gasteiger charge is 2.47. The molecule has 1 aromatic heterocycles. The maximum Gasteiger partial charge on any atom is 0.0676 e. The van der Waals surface area contributed by atoms with Crippen LogP contribution in [0.15, 0.2) is 323 Å². The van der Waals surface area contributed by atoms with Gasteiger partial charge >= 0.3 is 0 Å². The number of nitrogens with zero attached hydrogens (tertiary/aromatic N) is 2. The van der Waals surface area contributed by atoms with Crippen LogP contribution in [-0.2, 0) is 5.41 Å². The van der Waals surface area contributed by atoms with Gasteiger partial charge in [-0.15, -0.1) is 24.5 Å². The van der Waals surface area contributed by atoms with Crippen LogP contribution in [0.3, 0.4) is 0 Å². The molecule has 2 aliphatic rings. The molecule has 3 heteroatoms. The van der Waals surface area contributed by atoms with Gasteiger partial charge in [-0.3, -0.25) is 0 Å². The summed E-state index contributed by atoms with van der Waals surface area (Å²) in [7, 11) is 0. The van der Waals surface area contributed by atoms with E-state index >= 15 is 0 Å². The summed E-state index contributed by atoms with van der Waals surface area (Å²) in [5.74, 6) is 0. The third-order valence-corrected chi connectivity index (χ3v) is 15.6. The molecule has 416 valence electrons. The number of anilines is 6. The molecule has 0 N–H and O–H groups in total. The van der Waals surface area contributed by atoms with E-state index in [2.05, 4.69) is 298 Å². The Morgan fingerprint density at radius 3 is 1.39 bits per heavy atom. The quantitative estimate of drug-likeness (QED) is 0.0889. The topological polar surface area (TPSA) is 6.48 Å². The van der Waals surface area contributed by atoms with E-state index in [-0.39, 0.29) is 5.41 Å². The third kappa shape index (κ3) is 13.9. The molecule has 83 heavy (non-hydrogen) atoms. The van der Waals surface area contributed by atoms with Crippen molar-refractivity contribution in [3.8, 4) is 0 Å². The van der Waals surface area contributed by atoms with Crippen molar-refractivity contribution in [2.45, 2.75) is 66.2 Å². The summed E-state index contributed by atoms with van der Waals surface area (Å²) >= 11 is 1.89. The summed E-state index contributed by atoms with van der Waals surface area (Å²) in [6.45, 7) is 24.9. The summed E-state index contributed by atoms with van der Waals surface area (Å²) in [6, 6.07) is 86.6. The SMILES string of the molecule is C/C=C\C=C/C.C/C=C\CC.C1=C(c2ccc3sc4c(N(c5ccccc5)c5ccccc5)cc(N(c5ccccc5)c5ccccc5)cc4c3c2)CCC2=C1c1ccccc1C2(c1ccccc1)c1ccccc1.C=C.C=CC=C.CC. The molecule has 9 aromatic carbocycles. The summed E-state index contributed by atoms with van der Waals surface area (Å²) < 4.78 is 2.53. The predicted molar refractivity (Wildman–Crippen MR) is 370 cm³/mol. The van der Waals surface area contributed by atoms with Gasteiger partial charge in [0, 0.05) is 43.9 Å². The molecule has 0 fully saturated rings. The fourth-order valence-electron chi connectivity index (χ4n) is 11.0. The van der Waals surface area contributed by atoms with Crippen LogP contribution >= 0.6 is 11.3 Å². The van der Waals surface area contributed by atoms with Gasteiger partial charge in [0.2, 0.25) is 0 Å². The van der Waals surface area contributed by atoms with Crippen LogP contribution in [0.5, 0.6) is 0 Å². The highest BCUT2D eigenvalue weighted by atomic mass is 32.1. The van der Waals surface area contributed by atoms with Crippen LogP contribution < -0.4 is 9.80 Å². The number of hydrogen-bond acceptors (Lipinski definition) is 3. The average molecular weight is 1100 g/mol. The number of para-hydroxylation sites is 4. The summed E-state index contributed by atoms with van der Waals surface area (Å²) in [4.78, 5) is 4.82. The lowest BCUT2D eigenvalue weighted by atomic mass is 9.65. The van der Waals surface area contributed by atoms with Gasteiger partial charge in [-0.2, -0.15) is 0 Å². The lowest BCUT2D eigenvalue weighted by Crippen LogP contribution is -2.30. The lowest BCUT2D eigenvalue weighted by Gasteiger charge is -2.36. The monoisotopic (exact) mass is 1100 g/mol. The minimum Gasteiger partial charge on any atom is -0.310 e. The van der Waals surface area contributed by atoms with Crippen molar-refractivity contribution in [2.24, 2.45) is 0 Å². The van der Waals surface area contributed by atoms with Gasteiger partial charge in [0.25, 0.3) is 0 Å². The van der Waals surface area contributed by atoms with Crippen molar-refractivity contribution in [1.29, 1.82) is 0 Å². The highest BCUT2D eigenvalue weighted by molar-refractivity contribution is 7.26. The Labute approximate surface area is 500 Å². The van der Waals surface area contributed by atoms with Crippen molar-refractivity contribution in [3.63, 3.8) is 0 Å². The molecule has 0 saturated carbocycles. The standard InChI is InChI=1S/C61H44N2S.C6H10.C5H10.C4H6.C2H6.C2H4/c1-7-21-45(22-8-1)61(46-23-9-2-10-24-46)56-34-20-19-33-52(56)53-39-43(35-37-57(53)61)44-36-38-59-54(40-44)55-41-51(62(47-25-11-3-12-26-47)48-27-13-4-14-28-48)42-58(60(55)64-59)63(49-29-15-5-16-30-49)50-31-17-6-18-32-50;1-3-5-6-4-2;1-3-5-4-2;1-3-4-2;2*1-2/h1-34,36,38-42H,35,37H2;3-6H,1-2H3;3,5H,4H2,1-2H3;3-4H,1-2H2;1-2H3;1-2H2/b;5-3-,6-4-;5-3-;;;. The Hall–Kier alpha value is -9.28. The van der Waals surface area contributed by atoms with E-state index in [1.54, 1.807) is 12.2 Å². The number of fused-ring (bicyclic) bond motifs is 5. The normalized spacial score (nSPS) is 12.6. The second-order valence-corrected chi connectivity index (χ2v) is 20.3. The molecular formula is C80H80N2S. The van der Waals surface area contributed by atoms with Crippen LogP contribution in [0.25, 0.3) is 31.3 Å². The van der Waals surface area contributed by atoms with Crippen LogP contribution in [0.2, 0.25) is 0 Å². The summed E-state index contributed by atoms with van der Waals surface area (Å²) in [5.41, 5.74) is 17.3. The molecule has 12 rings (SSSR count). The first-order valence-corrected chi connectivity index (χ1v) is 29.9. The van der Waals surface area contributed by atoms with E-state index in [1.807, 2.05) is 70.3 Å². The summed E-state index contributed by atoms with van der Waals surface area (Å²) in [6.07, 6.45) is 21.1. The van der Waals surface area contributed by atoms with Crippen molar-refractivity contribution < 1.29 is 0 Å². The summed E-state index contributed by atoms with van der Waals surface area (Å²) in [5, 5.41) is 2.52. The Kier molecular flexibility index (Phi) is 23.4. The number of benzene rings is 9. The smallest absolute Gasteiger partial charge is 0.0676 e. The lowest BCUT2D eigenvalue weighted by molar-refractivity contribution is 0.699. The molecule has 0 saturated heterocycles. The van der Waals surface area contributed by atoms with Crippen molar-refractivity contribution in [2.75, 3.05) is 9.80 Å². The van der Waals surface area contributed by atoms with Gasteiger partial charge in [0.1, 0.15) is 0 Å². The molecule has 2 aliphatic carbocycles. The molecule has 0 radical (unpaired) electrons. The third-order valence-electron chi connectivity index (χ3n) is 14.4. The van der Waals surface area contributed by atoms with E-state index in [9.17, 15) is 0 Å². The largest absolute Gasteiger partial charge is 0.310 e. The van der Waals surface area contributed by atoms with Crippen LogP contribution in [-0.4, -0.2) is 0 Å². The van der Waals surface area contributed by atoms with E-state index < -0.39 is 0 Å². The first-order chi connectivity index (χ1) is 41.0. The molecule has 1 heterocycles. The first-order valence-electron chi connectivity index (χ1n) is 29.0. The number of rotatable bonds is 12. The second-order valence-electron chi connectivity index (χ2n) is 19.3. The number of thiophene rings is 1. The highest BCUT2D eigenvalue weighted by Crippen LogP contribution is 2.59. The molecule has 10 aromatic rings. The predicted octanol–water partition coefficient (Wildman–Crippen LogP) is 24.3. The van der Waals surface area contributed by atoms with Gasteiger partial charge in [-0.25, -0.2) is 0 Å². The van der Waals surface area contributed by atoms with Gasteiger partial charge in [-0.1, -0.05) is 252 Å². The molecule has 0 bridgehead atoms. The maximum absolute atomic E-state index is 3.36. The van der Waals surface area contributed by atoms with E-state index in [4.69, 9.17) is 0 Å². The second kappa shape index (κ2) is 31.6. The van der Waals surface area contributed by atoms with Crippen molar-refractivity contribution in [3.05, 3.63) is 351 Å². The fourth-order valence-corrected chi connectivity index (χ4v) is 12.1. The van der Waals surface area contributed by atoms with Gasteiger partial charge in [-0.05, 0) is 157 Å². The molecule has 2 nitrogen and oxygen atoms in total. The van der Waals surface area contributed by atoms with Gasteiger partial charge in [0.05, 0.1) is 15.8 Å². The molecular weight excluding hydrogens is 1020 g/mol. The van der Waals surface area contributed by atoms with Crippen LogP contribution in [0.4, 0.5) is 34.1 Å². The van der Waals surface area contributed by atoms with E-state index in [0.717, 1.165) is 53.4 Å². The zero-order valence-electron chi connectivity index (χ0n) is 49.5. The molecule has 0 spiro atoms. The molecule has 0 unspecified atom stereocenters. The maximum atomic E-state index is 3.36. The zero-order valence-corrected chi connectivity index (χ0v) is 50.3. The van der Waals surface area contributed by atoms with Crippen molar-refractivity contribution >= 4 is 76.8 Å². The number of hydrogen-bond donors (Lipinski definition) is 0. The van der Waals surface area contributed by atoms with Crippen molar-refractivity contribution in [1.82, 2.24) is 0 Å². The molecule has 0 atom stereocenters. The average Bonchev–Trinajstić information content (AvgIpc) is 2.33. The minimum absolute atomic E-state index is 0.344. The van der Waals surface area contributed by atoms with Gasteiger partial charge in [0.15, 0.2) is 0 Å². The first kappa shape index (κ1) is 61.3. The Balaban J connectivity index is 0.000000459. The van der Waals surface area contributed by atoms with Gasteiger partial charge < -0.3 is 9.80 Å².